The molecule has 110 valence electrons. The molecule has 0 heterocycles. The quantitative estimate of drug-likeness (QED) is 0.878. The van der Waals surface area contributed by atoms with Crippen molar-refractivity contribution in [2.24, 2.45) is 0 Å². The van der Waals surface area contributed by atoms with Gasteiger partial charge in [-0.3, -0.25) is 4.79 Å². The van der Waals surface area contributed by atoms with E-state index < -0.39 is 0 Å². The van der Waals surface area contributed by atoms with E-state index in [0.717, 1.165) is 5.69 Å². The lowest BCUT2D eigenvalue weighted by Crippen LogP contribution is -2.31. The highest BCUT2D eigenvalue weighted by Crippen LogP contribution is 2.15. The molecular weight excluding hydrogens is 267 g/mol. The Labute approximate surface area is 124 Å². The second-order valence-electron chi connectivity index (χ2n) is 4.63. The van der Waals surface area contributed by atoms with Crippen LogP contribution in [0.5, 0.6) is 0 Å². The fourth-order valence-corrected chi connectivity index (χ4v) is 2.15. The summed E-state index contributed by atoms with van der Waals surface area (Å²) in [6.07, 6.45) is 0.317. The average Bonchev–Trinajstić information content (AvgIpc) is 2.51. The lowest BCUT2D eigenvalue weighted by Gasteiger charge is -2.21. The molecule has 0 spiro atoms. The Hall–Kier alpha value is -2.36. The summed E-state index contributed by atoms with van der Waals surface area (Å²) in [5, 5.41) is 2.95. The van der Waals surface area contributed by atoms with Crippen molar-refractivity contribution in [2.75, 3.05) is 23.3 Å². The SMILES string of the molecule is CCN(C(=O)CCNc1ccccc1F)c1ccccc1. The molecule has 2 aromatic carbocycles. The van der Waals surface area contributed by atoms with Gasteiger partial charge in [0.25, 0.3) is 0 Å². The maximum absolute atomic E-state index is 13.4. The maximum Gasteiger partial charge on any atom is 0.228 e. The predicted octanol–water partition coefficient (Wildman–Crippen LogP) is 3.68. The summed E-state index contributed by atoms with van der Waals surface area (Å²) in [7, 11) is 0. The first-order valence-electron chi connectivity index (χ1n) is 7.06. The number of benzene rings is 2. The average molecular weight is 286 g/mol. The molecule has 0 fully saturated rings. The molecule has 3 nitrogen and oxygen atoms in total. The lowest BCUT2D eigenvalue weighted by atomic mass is 10.2. The third kappa shape index (κ3) is 4.05. The number of amides is 1. The molecule has 0 saturated carbocycles. The van der Waals surface area contributed by atoms with E-state index in [4.69, 9.17) is 0 Å². The Morgan fingerprint density at radius 2 is 1.76 bits per heavy atom. The molecule has 0 bridgehead atoms. The number of nitrogens with one attached hydrogen (secondary N) is 1. The fourth-order valence-electron chi connectivity index (χ4n) is 2.15. The van der Waals surface area contributed by atoms with Crippen LogP contribution in [0.2, 0.25) is 0 Å². The van der Waals surface area contributed by atoms with E-state index in [1.807, 2.05) is 37.3 Å². The molecule has 1 N–H and O–H groups in total. The van der Waals surface area contributed by atoms with Gasteiger partial charge in [0.1, 0.15) is 5.82 Å². The van der Waals surface area contributed by atoms with Crippen LogP contribution in [0.3, 0.4) is 0 Å². The van der Waals surface area contributed by atoms with Gasteiger partial charge < -0.3 is 10.2 Å². The number of carbonyl (C=O) groups is 1. The van der Waals surface area contributed by atoms with Gasteiger partial charge in [0.05, 0.1) is 5.69 Å². The normalized spacial score (nSPS) is 10.2. The van der Waals surface area contributed by atoms with Gasteiger partial charge in [-0.2, -0.15) is 0 Å². The number of para-hydroxylation sites is 2. The van der Waals surface area contributed by atoms with Gasteiger partial charge in [0, 0.05) is 25.2 Å². The van der Waals surface area contributed by atoms with Crippen LogP contribution < -0.4 is 10.2 Å². The molecule has 0 aliphatic heterocycles. The summed E-state index contributed by atoms with van der Waals surface area (Å²) >= 11 is 0. The minimum Gasteiger partial charge on any atom is -0.382 e. The Morgan fingerprint density at radius 3 is 2.43 bits per heavy atom. The molecule has 0 unspecified atom stereocenters. The Morgan fingerprint density at radius 1 is 1.10 bits per heavy atom. The molecule has 4 heteroatoms. The standard InChI is InChI=1S/C17H19FN2O/c1-2-20(14-8-4-3-5-9-14)17(21)12-13-19-16-11-7-6-10-15(16)18/h3-11,19H,2,12-13H2,1H3. The number of nitrogens with zero attached hydrogens (tertiary/aromatic N) is 1. The first kappa shape index (κ1) is 15.0. The molecule has 2 aromatic rings. The Balaban J connectivity index is 1.90. The number of anilines is 2. The van der Waals surface area contributed by atoms with Crippen LogP contribution in [0.4, 0.5) is 15.8 Å². The van der Waals surface area contributed by atoms with Crippen molar-refractivity contribution in [3.8, 4) is 0 Å². The van der Waals surface area contributed by atoms with Crippen molar-refractivity contribution in [1.29, 1.82) is 0 Å². The number of halogens is 1. The number of hydrogen-bond acceptors (Lipinski definition) is 2. The second kappa shape index (κ2) is 7.43. The van der Waals surface area contributed by atoms with Crippen LogP contribution in [0, 0.1) is 5.82 Å². The van der Waals surface area contributed by atoms with Crippen LogP contribution in [0.15, 0.2) is 54.6 Å². The zero-order chi connectivity index (χ0) is 15.1. The summed E-state index contributed by atoms with van der Waals surface area (Å²) in [5.74, 6) is -0.284. The number of rotatable bonds is 6. The zero-order valence-electron chi connectivity index (χ0n) is 12.1. The van der Waals surface area contributed by atoms with E-state index in [9.17, 15) is 9.18 Å². The molecule has 21 heavy (non-hydrogen) atoms. The highest BCUT2D eigenvalue weighted by Gasteiger charge is 2.13. The van der Waals surface area contributed by atoms with Crippen molar-refractivity contribution >= 4 is 17.3 Å². The first-order chi connectivity index (χ1) is 10.2. The van der Waals surface area contributed by atoms with Crippen LogP contribution in [0.25, 0.3) is 0 Å². The van der Waals surface area contributed by atoms with Gasteiger partial charge in [-0.05, 0) is 31.2 Å². The van der Waals surface area contributed by atoms with E-state index in [0.29, 0.717) is 25.2 Å². The van der Waals surface area contributed by atoms with Crippen LogP contribution in [0.1, 0.15) is 13.3 Å². The van der Waals surface area contributed by atoms with Gasteiger partial charge in [0.15, 0.2) is 0 Å². The van der Waals surface area contributed by atoms with Crippen molar-refractivity contribution in [3.05, 3.63) is 60.4 Å². The van der Waals surface area contributed by atoms with Crippen molar-refractivity contribution in [3.63, 3.8) is 0 Å². The fraction of sp³-hybridized carbons (Fsp3) is 0.235. The third-order valence-electron chi connectivity index (χ3n) is 3.21. The van der Waals surface area contributed by atoms with Crippen LogP contribution in [-0.4, -0.2) is 19.0 Å². The topological polar surface area (TPSA) is 32.3 Å². The highest BCUT2D eigenvalue weighted by atomic mass is 19.1. The molecule has 0 radical (unpaired) electrons. The summed E-state index contributed by atoms with van der Waals surface area (Å²) in [6, 6.07) is 16.0. The molecule has 0 aliphatic carbocycles. The molecule has 0 atom stereocenters. The molecule has 0 saturated heterocycles. The van der Waals surface area contributed by atoms with Crippen LogP contribution >= 0.6 is 0 Å². The summed E-state index contributed by atoms with van der Waals surface area (Å²) < 4.78 is 13.4. The Kier molecular flexibility index (Phi) is 5.32. The second-order valence-corrected chi connectivity index (χ2v) is 4.63. The monoisotopic (exact) mass is 286 g/mol. The number of hydrogen-bond donors (Lipinski definition) is 1. The zero-order valence-corrected chi connectivity index (χ0v) is 12.1. The third-order valence-corrected chi connectivity index (χ3v) is 3.21. The number of carbonyl (C=O) groups excluding carboxylic acids is 1. The van der Waals surface area contributed by atoms with E-state index in [2.05, 4.69) is 5.32 Å². The van der Waals surface area contributed by atoms with Crippen LogP contribution in [-0.2, 0) is 4.79 Å². The molecule has 0 aromatic heterocycles. The van der Waals surface area contributed by atoms with Crippen molar-refractivity contribution in [1.82, 2.24) is 0 Å². The maximum atomic E-state index is 13.4. The van der Waals surface area contributed by atoms with E-state index in [-0.39, 0.29) is 11.7 Å². The summed E-state index contributed by atoms with van der Waals surface area (Å²) in [4.78, 5) is 14.0. The largest absolute Gasteiger partial charge is 0.382 e. The van der Waals surface area contributed by atoms with E-state index in [1.54, 1.807) is 23.1 Å². The molecule has 1 amide bonds. The molecule has 2 rings (SSSR count). The van der Waals surface area contributed by atoms with Gasteiger partial charge in [-0.15, -0.1) is 0 Å². The van der Waals surface area contributed by atoms with Crippen molar-refractivity contribution < 1.29 is 9.18 Å². The Bertz CT molecular complexity index is 586. The van der Waals surface area contributed by atoms with Crippen molar-refractivity contribution in [2.45, 2.75) is 13.3 Å². The highest BCUT2D eigenvalue weighted by molar-refractivity contribution is 5.93. The minimum absolute atomic E-state index is 0.0209. The first-order valence-corrected chi connectivity index (χ1v) is 7.06. The lowest BCUT2D eigenvalue weighted by molar-refractivity contribution is -0.118. The van der Waals surface area contributed by atoms with E-state index in [1.165, 1.54) is 6.07 Å². The smallest absolute Gasteiger partial charge is 0.228 e. The van der Waals surface area contributed by atoms with Gasteiger partial charge in [-0.25, -0.2) is 4.39 Å². The minimum atomic E-state index is -0.305. The molecular formula is C17H19FN2O. The molecule has 0 aliphatic rings. The summed E-state index contributed by atoms with van der Waals surface area (Å²) in [5.41, 5.74) is 1.31. The van der Waals surface area contributed by atoms with Gasteiger partial charge >= 0.3 is 0 Å². The van der Waals surface area contributed by atoms with Gasteiger partial charge in [-0.1, -0.05) is 30.3 Å². The van der Waals surface area contributed by atoms with E-state index >= 15 is 0 Å². The predicted molar refractivity (Wildman–Crippen MR) is 84.0 cm³/mol. The summed E-state index contributed by atoms with van der Waals surface area (Å²) in [6.45, 7) is 2.96. The van der Waals surface area contributed by atoms with Gasteiger partial charge in [0.2, 0.25) is 5.91 Å².